The van der Waals surface area contributed by atoms with Crippen LogP contribution >= 0.6 is 39.9 Å². The lowest BCUT2D eigenvalue weighted by Crippen LogP contribution is -2.27. The minimum atomic E-state index is -0.685. The normalized spacial score (nSPS) is 15.8. The van der Waals surface area contributed by atoms with Crippen LogP contribution in [0.4, 0.5) is 11.4 Å². The van der Waals surface area contributed by atoms with Crippen molar-refractivity contribution in [2.24, 2.45) is 0 Å². The molecule has 1 heterocycles. The van der Waals surface area contributed by atoms with Crippen LogP contribution in [0.1, 0.15) is 11.1 Å². The summed E-state index contributed by atoms with van der Waals surface area (Å²) in [5.74, 6) is -0.753. The molecular weight excluding hydrogens is 440 g/mol. The Bertz CT molecular complexity index is 991. The van der Waals surface area contributed by atoms with Crippen LogP contribution in [0.5, 0.6) is 5.75 Å². The Hall–Kier alpha value is -2.23. The van der Waals surface area contributed by atoms with Crippen LogP contribution in [-0.2, 0) is 4.79 Å². The zero-order valence-electron chi connectivity index (χ0n) is 13.3. The standard InChI is InChI=1S/C17H11BrN2O4S2/c1-9-3-2-4-11(5-9)19-16(22)14(26-17(19)25)8-10-6-12(18)15(21)13(7-10)20(23)24/h2-8,21H,1H3/b14-8+. The van der Waals surface area contributed by atoms with Crippen molar-refractivity contribution in [2.75, 3.05) is 4.90 Å². The highest BCUT2D eigenvalue weighted by Crippen LogP contribution is 2.39. The van der Waals surface area contributed by atoms with E-state index in [1.807, 2.05) is 25.1 Å². The number of thiocarbonyl (C=S) groups is 1. The summed E-state index contributed by atoms with van der Waals surface area (Å²) < 4.78 is 0.561. The average Bonchev–Trinajstić information content (AvgIpc) is 2.84. The molecule has 1 aliphatic heterocycles. The number of rotatable bonds is 3. The van der Waals surface area contributed by atoms with Gasteiger partial charge in [0.05, 0.1) is 20.0 Å². The molecule has 1 amide bonds. The number of anilines is 1. The largest absolute Gasteiger partial charge is 0.501 e. The number of amides is 1. The van der Waals surface area contributed by atoms with Gasteiger partial charge in [-0.15, -0.1) is 0 Å². The summed E-state index contributed by atoms with van der Waals surface area (Å²) in [7, 11) is 0. The van der Waals surface area contributed by atoms with Gasteiger partial charge in [-0.05, 0) is 58.3 Å². The molecule has 0 radical (unpaired) electrons. The molecule has 0 atom stereocenters. The van der Waals surface area contributed by atoms with Crippen molar-refractivity contribution in [3.05, 3.63) is 67.0 Å². The van der Waals surface area contributed by atoms with Gasteiger partial charge in [0.15, 0.2) is 4.32 Å². The number of aryl methyl sites for hydroxylation is 1. The fraction of sp³-hybridized carbons (Fsp3) is 0.0588. The summed E-state index contributed by atoms with van der Waals surface area (Å²) in [6, 6.07) is 10.1. The Morgan fingerprint density at radius 3 is 2.73 bits per heavy atom. The molecule has 0 unspecified atom stereocenters. The number of aromatic hydroxyl groups is 1. The Balaban J connectivity index is 2.00. The van der Waals surface area contributed by atoms with Crippen molar-refractivity contribution in [2.45, 2.75) is 6.92 Å². The van der Waals surface area contributed by atoms with Crippen LogP contribution in [-0.4, -0.2) is 20.3 Å². The summed E-state index contributed by atoms with van der Waals surface area (Å²) in [5, 5.41) is 20.8. The van der Waals surface area contributed by atoms with E-state index in [1.54, 1.807) is 6.07 Å². The predicted octanol–water partition coefficient (Wildman–Crippen LogP) is 4.78. The Morgan fingerprint density at radius 2 is 2.08 bits per heavy atom. The van der Waals surface area contributed by atoms with E-state index < -0.39 is 16.4 Å². The molecule has 26 heavy (non-hydrogen) atoms. The molecule has 132 valence electrons. The smallest absolute Gasteiger partial charge is 0.312 e. The van der Waals surface area contributed by atoms with Crippen LogP contribution < -0.4 is 4.90 Å². The molecule has 6 nitrogen and oxygen atoms in total. The maximum Gasteiger partial charge on any atom is 0.312 e. The maximum absolute atomic E-state index is 12.8. The van der Waals surface area contributed by atoms with Gasteiger partial charge in [0.2, 0.25) is 5.75 Å². The van der Waals surface area contributed by atoms with Gasteiger partial charge in [-0.2, -0.15) is 0 Å². The van der Waals surface area contributed by atoms with Crippen molar-refractivity contribution in [1.82, 2.24) is 0 Å². The number of benzene rings is 2. The van der Waals surface area contributed by atoms with Crippen molar-refractivity contribution >= 4 is 67.6 Å². The molecular formula is C17H11BrN2O4S2. The molecule has 2 aromatic carbocycles. The lowest BCUT2D eigenvalue weighted by atomic mass is 10.1. The maximum atomic E-state index is 12.8. The second-order valence-electron chi connectivity index (χ2n) is 5.48. The summed E-state index contributed by atoms with van der Waals surface area (Å²) in [6.45, 7) is 1.92. The second-order valence-corrected chi connectivity index (χ2v) is 8.01. The zero-order chi connectivity index (χ0) is 19.0. The topological polar surface area (TPSA) is 83.7 Å². The number of nitro groups is 1. The van der Waals surface area contributed by atoms with Gasteiger partial charge >= 0.3 is 5.69 Å². The molecule has 0 saturated carbocycles. The lowest BCUT2D eigenvalue weighted by molar-refractivity contribution is -0.386. The van der Waals surface area contributed by atoms with Crippen molar-refractivity contribution in [3.8, 4) is 5.75 Å². The SMILES string of the molecule is Cc1cccc(N2C(=O)/C(=C\c3cc(Br)c(O)c([N+](=O)[O-])c3)SC2=S)c1. The van der Waals surface area contributed by atoms with Gasteiger partial charge in [0, 0.05) is 6.07 Å². The third-order valence-corrected chi connectivity index (χ3v) is 5.52. The first kappa shape index (κ1) is 18.6. The number of carbonyl (C=O) groups is 1. The highest BCUT2D eigenvalue weighted by Gasteiger charge is 2.33. The van der Waals surface area contributed by atoms with Crippen molar-refractivity contribution in [1.29, 1.82) is 0 Å². The third-order valence-electron chi connectivity index (χ3n) is 3.61. The Morgan fingerprint density at radius 1 is 1.35 bits per heavy atom. The molecule has 3 rings (SSSR count). The fourth-order valence-corrected chi connectivity index (χ4v) is 4.20. The number of hydrogen-bond donors (Lipinski definition) is 1. The first-order chi connectivity index (χ1) is 12.3. The van der Waals surface area contributed by atoms with Gasteiger partial charge in [0.1, 0.15) is 0 Å². The van der Waals surface area contributed by atoms with E-state index >= 15 is 0 Å². The molecule has 1 saturated heterocycles. The van der Waals surface area contributed by atoms with Gasteiger partial charge in [-0.25, -0.2) is 0 Å². The predicted molar refractivity (Wildman–Crippen MR) is 109 cm³/mol. The first-order valence-corrected chi connectivity index (χ1v) is 9.31. The first-order valence-electron chi connectivity index (χ1n) is 7.29. The number of thioether (sulfide) groups is 1. The van der Waals surface area contributed by atoms with E-state index in [0.717, 1.165) is 17.3 Å². The number of carbonyl (C=O) groups excluding carboxylic acids is 1. The molecule has 0 spiro atoms. The quantitative estimate of drug-likeness (QED) is 0.313. The van der Waals surface area contributed by atoms with Gasteiger partial charge in [-0.1, -0.05) is 36.1 Å². The minimum absolute atomic E-state index is 0.173. The monoisotopic (exact) mass is 450 g/mol. The third kappa shape index (κ3) is 3.50. The highest BCUT2D eigenvalue weighted by molar-refractivity contribution is 9.10. The minimum Gasteiger partial charge on any atom is -0.501 e. The van der Waals surface area contributed by atoms with E-state index in [1.165, 1.54) is 23.1 Å². The van der Waals surface area contributed by atoms with Crippen molar-refractivity contribution < 1.29 is 14.8 Å². The second kappa shape index (κ2) is 7.18. The molecule has 0 aromatic heterocycles. The van der Waals surface area contributed by atoms with Crippen LogP contribution in [0.15, 0.2) is 45.8 Å². The van der Waals surface area contributed by atoms with Gasteiger partial charge < -0.3 is 5.11 Å². The van der Waals surface area contributed by atoms with Gasteiger partial charge in [-0.3, -0.25) is 19.8 Å². The summed E-state index contributed by atoms with van der Waals surface area (Å²) in [6.07, 6.45) is 1.52. The Labute approximate surface area is 166 Å². The number of phenols is 1. The lowest BCUT2D eigenvalue weighted by Gasteiger charge is -2.14. The number of phenolic OH excluding ortho intramolecular Hbond substituents is 1. The average molecular weight is 451 g/mol. The Kier molecular flexibility index (Phi) is 5.12. The molecule has 0 bridgehead atoms. The van der Waals surface area contributed by atoms with Gasteiger partial charge in [0.25, 0.3) is 5.91 Å². The summed E-state index contributed by atoms with van der Waals surface area (Å²) in [4.78, 5) is 24.9. The zero-order valence-corrected chi connectivity index (χ0v) is 16.5. The molecule has 1 fully saturated rings. The van der Waals surface area contributed by atoms with Crippen LogP contribution in [0.25, 0.3) is 6.08 Å². The molecule has 9 heteroatoms. The van der Waals surface area contributed by atoms with Crippen LogP contribution in [0.2, 0.25) is 0 Å². The number of halogens is 1. The molecule has 1 N–H and O–H groups in total. The molecule has 1 aliphatic rings. The fourth-order valence-electron chi connectivity index (χ4n) is 2.44. The van der Waals surface area contributed by atoms with E-state index in [9.17, 15) is 20.0 Å². The molecule has 0 aliphatic carbocycles. The summed E-state index contributed by atoms with van der Waals surface area (Å²) in [5.41, 5.74) is 1.64. The van der Waals surface area contributed by atoms with E-state index in [2.05, 4.69) is 15.9 Å². The van der Waals surface area contributed by atoms with E-state index in [4.69, 9.17) is 12.2 Å². The number of nitro benzene ring substituents is 1. The number of nitrogens with zero attached hydrogens (tertiary/aromatic N) is 2. The number of hydrogen-bond acceptors (Lipinski definition) is 6. The van der Waals surface area contributed by atoms with Crippen LogP contribution in [0, 0.1) is 17.0 Å². The molecule has 2 aromatic rings. The van der Waals surface area contributed by atoms with E-state index in [-0.39, 0.29) is 10.4 Å². The van der Waals surface area contributed by atoms with E-state index in [0.29, 0.717) is 20.5 Å². The van der Waals surface area contributed by atoms with Crippen molar-refractivity contribution in [3.63, 3.8) is 0 Å². The van der Waals surface area contributed by atoms with Crippen LogP contribution in [0.3, 0.4) is 0 Å². The summed E-state index contributed by atoms with van der Waals surface area (Å²) >= 11 is 9.53. The highest BCUT2D eigenvalue weighted by atomic mass is 79.9.